The van der Waals surface area contributed by atoms with Crippen LogP contribution in [0.1, 0.15) is 38.3 Å². The SMILES string of the molecule is Cc1cc(CN(C)CCCN(C)C)cc(OC(C)(C)C)c1. The van der Waals surface area contributed by atoms with Crippen molar-refractivity contribution < 1.29 is 4.74 Å². The van der Waals surface area contributed by atoms with Gasteiger partial charge in [-0.05, 0) is 91.6 Å². The lowest BCUT2D eigenvalue weighted by Gasteiger charge is -2.23. The van der Waals surface area contributed by atoms with E-state index in [2.05, 4.69) is 76.8 Å². The Morgan fingerprint density at radius 1 is 1.00 bits per heavy atom. The van der Waals surface area contributed by atoms with E-state index < -0.39 is 0 Å². The molecule has 0 aliphatic carbocycles. The van der Waals surface area contributed by atoms with E-state index in [9.17, 15) is 0 Å². The molecule has 0 radical (unpaired) electrons. The lowest BCUT2D eigenvalue weighted by molar-refractivity contribution is 0.130. The molecular weight excluding hydrogens is 260 g/mol. The van der Waals surface area contributed by atoms with E-state index >= 15 is 0 Å². The molecule has 1 aromatic rings. The average molecular weight is 292 g/mol. The highest BCUT2D eigenvalue weighted by Crippen LogP contribution is 2.22. The molecule has 3 heteroatoms. The number of hydrogen-bond acceptors (Lipinski definition) is 3. The van der Waals surface area contributed by atoms with Crippen LogP contribution in [0.25, 0.3) is 0 Å². The molecular formula is C18H32N2O. The summed E-state index contributed by atoms with van der Waals surface area (Å²) in [4.78, 5) is 4.61. The van der Waals surface area contributed by atoms with Gasteiger partial charge in [0.15, 0.2) is 0 Å². The summed E-state index contributed by atoms with van der Waals surface area (Å²) in [5.74, 6) is 0.971. The zero-order valence-electron chi connectivity index (χ0n) is 14.9. The maximum Gasteiger partial charge on any atom is 0.120 e. The van der Waals surface area contributed by atoms with Crippen molar-refractivity contribution in [2.75, 3.05) is 34.2 Å². The standard InChI is InChI=1S/C18H32N2O/c1-15-11-16(13-17(12-15)21-18(2,3)4)14-20(7)10-8-9-19(5)6/h11-13H,8-10,14H2,1-7H3. The van der Waals surface area contributed by atoms with Crippen molar-refractivity contribution in [2.24, 2.45) is 0 Å². The summed E-state index contributed by atoms with van der Waals surface area (Å²) in [6.07, 6.45) is 1.20. The van der Waals surface area contributed by atoms with E-state index in [1.54, 1.807) is 0 Å². The van der Waals surface area contributed by atoms with Gasteiger partial charge in [0.25, 0.3) is 0 Å². The Bertz CT molecular complexity index is 435. The third-order valence-electron chi connectivity index (χ3n) is 3.13. The van der Waals surface area contributed by atoms with Crippen LogP contribution in [0.15, 0.2) is 18.2 Å². The Morgan fingerprint density at radius 3 is 2.24 bits per heavy atom. The van der Waals surface area contributed by atoms with Gasteiger partial charge in [0.1, 0.15) is 11.4 Å². The molecule has 1 rings (SSSR count). The number of hydrogen-bond donors (Lipinski definition) is 0. The predicted molar refractivity (Wildman–Crippen MR) is 91.1 cm³/mol. The van der Waals surface area contributed by atoms with Crippen molar-refractivity contribution in [2.45, 2.75) is 46.3 Å². The van der Waals surface area contributed by atoms with Crippen molar-refractivity contribution >= 4 is 0 Å². The summed E-state index contributed by atoms with van der Waals surface area (Å²) in [6.45, 7) is 11.6. The summed E-state index contributed by atoms with van der Waals surface area (Å²) in [5.41, 5.74) is 2.43. The Hall–Kier alpha value is -1.06. The summed E-state index contributed by atoms with van der Waals surface area (Å²) in [7, 11) is 6.43. The molecule has 0 aliphatic rings. The molecule has 0 heterocycles. The number of rotatable bonds is 7. The van der Waals surface area contributed by atoms with Crippen LogP contribution in [0.5, 0.6) is 5.75 Å². The topological polar surface area (TPSA) is 15.7 Å². The summed E-state index contributed by atoms with van der Waals surface area (Å²) in [5, 5.41) is 0. The Labute approximate surface area is 130 Å². The average Bonchev–Trinajstić information content (AvgIpc) is 2.24. The molecule has 0 amide bonds. The van der Waals surface area contributed by atoms with Gasteiger partial charge in [0, 0.05) is 6.54 Å². The molecule has 0 aliphatic heterocycles. The first kappa shape index (κ1) is 18.0. The molecule has 0 aromatic heterocycles. The molecule has 0 spiro atoms. The lowest BCUT2D eigenvalue weighted by atomic mass is 10.1. The molecule has 1 aromatic carbocycles. The molecule has 0 saturated carbocycles. The maximum atomic E-state index is 5.99. The van der Waals surface area contributed by atoms with E-state index in [1.807, 2.05) is 0 Å². The molecule has 0 unspecified atom stereocenters. The molecule has 0 bridgehead atoms. The fraction of sp³-hybridized carbons (Fsp3) is 0.667. The first-order valence-electron chi connectivity index (χ1n) is 7.78. The van der Waals surface area contributed by atoms with Gasteiger partial charge in [-0.3, -0.25) is 0 Å². The molecule has 0 saturated heterocycles. The highest BCUT2D eigenvalue weighted by Gasteiger charge is 2.12. The van der Waals surface area contributed by atoms with Crippen LogP contribution in [-0.4, -0.2) is 49.6 Å². The minimum absolute atomic E-state index is 0.150. The van der Waals surface area contributed by atoms with Gasteiger partial charge < -0.3 is 14.5 Å². The summed E-state index contributed by atoms with van der Waals surface area (Å²) >= 11 is 0. The third-order valence-corrected chi connectivity index (χ3v) is 3.13. The fourth-order valence-electron chi connectivity index (χ4n) is 2.38. The van der Waals surface area contributed by atoms with Crippen LogP contribution >= 0.6 is 0 Å². The van der Waals surface area contributed by atoms with Crippen LogP contribution in [-0.2, 0) is 6.54 Å². The maximum absolute atomic E-state index is 5.99. The highest BCUT2D eigenvalue weighted by atomic mass is 16.5. The van der Waals surface area contributed by atoms with Gasteiger partial charge in [-0.1, -0.05) is 6.07 Å². The minimum Gasteiger partial charge on any atom is -0.488 e. The largest absolute Gasteiger partial charge is 0.488 e. The van der Waals surface area contributed by atoms with E-state index in [4.69, 9.17) is 4.74 Å². The van der Waals surface area contributed by atoms with Crippen molar-refractivity contribution in [3.63, 3.8) is 0 Å². The van der Waals surface area contributed by atoms with Crippen molar-refractivity contribution in [1.29, 1.82) is 0 Å². The first-order chi connectivity index (χ1) is 9.65. The molecule has 120 valence electrons. The number of aryl methyl sites for hydroxylation is 1. The highest BCUT2D eigenvalue weighted by molar-refractivity contribution is 5.34. The van der Waals surface area contributed by atoms with Crippen LogP contribution in [0, 0.1) is 6.92 Å². The third kappa shape index (κ3) is 8.08. The molecule has 0 N–H and O–H groups in total. The monoisotopic (exact) mass is 292 g/mol. The number of benzene rings is 1. The first-order valence-corrected chi connectivity index (χ1v) is 7.78. The van der Waals surface area contributed by atoms with Gasteiger partial charge in [-0.2, -0.15) is 0 Å². The van der Waals surface area contributed by atoms with Crippen LogP contribution < -0.4 is 4.74 Å². The van der Waals surface area contributed by atoms with Crippen LogP contribution in [0.2, 0.25) is 0 Å². The summed E-state index contributed by atoms with van der Waals surface area (Å²) in [6, 6.07) is 6.53. The zero-order chi connectivity index (χ0) is 16.0. The summed E-state index contributed by atoms with van der Waals surface area (Å²) < 4.78 is 5.99. The second-order valence-corrected chi connectivity index (χ2v) is 7.26. The Morgan fingerprint density at radius 2 is 1.67 bits per heavy atom. The van der Waals surface area contributed by atoms with Gasteiger partial charge in [0.2, 0.25) is 0 Å². The van der Waals surface area contributed by atoms with E-state index in [0.717, 1.165) is 25.4 Å². The number of nitrogens with zero attached hydrogens (tertiary/aromatic N) is 2. The zero-order valence-corrected chi connectivity index (χ0v) is 14.9. The Balaban J connectivity index is 2.62. The van der Waals surface area contributed by atoms with Crippen molar-refractivity contribution in [3.8, 4) is 5.75 Å². The fourth-order valence-corrected chi connectivity index (χ4v) is 2.38. The molecule has 21 heavy (non-hydrogen) atoms. The van der Waals surface area contributed by atoms with Gasteiger partial charge in [-0.15, -0.1) is 0 Å². The lowest BCUT2D eigenvalue weighted by Crippen LogP contribution is -2.24. The van der Waals surface area contributed by atoms with Crippen LogP contribution in [0.3, 0.4) is 0 Å². The molecule has 0 atom stereocenters. The minimum atomic E-state index is -0.150. The van der Waals surface area contributed by atoms with Gasteiger partial charge >= 0.3 is 0 Å². The molecule has 3 nitrogen and oxygen atoms in total. The Kier molecular flexibility index (Phi) is 6.69. The normalized spacial score (nSPS) is 12.2. The quantitative estimate of drug-likeness (QED) is 0.764. The van der Waals surface area contributed by atoms with E-state index in [1.165, 1.54) is 17.5 Å². The van der Waals surface area contributed by atoms with Crippen LogP contribution in [0.4, 0.5) is 0 Å². The predicted octanol–water partition coefficient (Wildman–Crippen LogP) is 3.56. The van der Waals surface area contributed by atoms with Crippen molar-refractivity contribution in [3.05, 3.63) is 29.3 Å². The number of ether oxygens (including phenoxy) is 1. The van der Waals surface area contributed by atoms with E-state index in [0.29, 0.717) is 0 Å². The smallest absolute Gasteiger partial charge is 0.120 e. The second-order valence-electron chi connectivity index (χ2n) is 7.26. The van der Waals surface area contributed by atoms with Crippen molar-refractivity contribution in [1.82, 2.24) is 9.80 Å². The van der Waals surface area contributed by atoms with Gasteiger partial charge in [-0.25, -0.2) is 0 Å². The second kappa shape index (κ2) is 7.81. The molecule has 0 fully saturated rings. The van der Waals surface area contributed by atoms with Gasteiger partial charge in [0.05, 0.1) is 0 Å². The van der Waals surface area contributed by atoms with E-state index in [-0.39, 0.29) is 5.60 Å².